The minimum atomic E-state index is -0.478. The topological polar surface area (TPSA) is 68.8 Å². The van der Waals surface area contributed by atoms with Crippen molar-refractivity contribution in [1.82, 2.24) is 10.6 Å². The highest BCUT2D eigenvalue weighted by Crippen LogP contribution is 2.25. The molecule has 1 saturated heterocycles. The van der Waals surface area contributed by atoms with Crippen LogP contribution in [-0.4, -0.2) is 55.7 Å². The van der Waals surface area contributed by atoms with E-state index in [1.165, 1.54) is 0 Å². The third-order valence-corrected chi connectivity index (χ3v) is 4.01. The van der Waals surface area contributed by atoms with Gasteiger partial charge in [-0.05, 0) is 47.0 Å². The van der Waals surface area contributed by atoms with Gasteiger partial charge in [0, 0.05) is 19.8 Å². The zero-order valence-corrected chi connectivity index (χ0v) is 14.2. The lowest BCUT2D eigenvalue weighted by atomic mass is 9.82. The predicted octanol–water partition coefficient (Wildman–Crippen LogP) is 1.83. The lowest BCUT2D eigenvalue weighted by molar-refractivity contribution is -0.0464. The first kappa shape index (κ1) is 17.5. The van der Waals surface area contributed by atoms with E-state index < -0.39 is 5.60 Å². The van der Waals surface area contributed by atoms with E-state index in [2.05, 4.69) is 10.6 Å². The molecule has 1 heterocycles. The Kier molecular flexibility index (Phi) is 6.06. The third-order valence-electron chi connectivity index (χ3n) is 4.01. The van der Waals surface area contributed by atoms with Crippen LogP contribution < -0.4 is 10.6 Å². The molecule has 22 heavy (non-hydrogen) atoms. The molecule has 128 valence electrons. The van der Waals surface area contributed by atoms with E-state index in [0.717, 1.165) is 32.4 Å². The van der Waals surface area contributed by atoms with Gasteiger partial charge in [-0.15, -0.1) is 0 Å². The molecule has 0 radical (unpaired) electrons. The van der Waals surface area contributed by atoms with Crippen LogP contribution in [-0.2, 0) is 14.2 Å². The lowest BCUT2D eigenvalue weighted by Gasteiger charge is -2.45. The van der Waals surface area contributed by atoms with Crippen LogP contribution in [0.4, 0.5) is 4.79 Å². The molecule has 4 unspecified atom stereocenters. The van der Waals surface area contributed by atoms with E-state index in [4.69, 9.17) is 14.2 Å². The van der Waals surface area contributed by atoms with Crippen molar-refractivity contribution >= 4 is 6.09 Å². The molecule has 6 heteroatoms. The van der Waals surface area contributed by atoms with Crippen molar-refractivity contribution in [3.05, 3.63) is 0 Å². The number of carbonyl (C=O) groups excluding carboxylic acids is 1. The molecule has 0 aromatic heterocycles. The first-order chi connectivity index (χ1) is 10.4. The molecule has 2 aliphatic rings. The zero-order chi connectivity index (χ0) is 16.2. The van der Waals surface area contributed by atoms with Gasteiger partial charge in [0.05, 0.1) is 24.3 Å². The largest absolute Gasteiger partial charge is 0.444 e. The Bertz CT molecular complexity index is 364. The number of carbonyl (C=O) groups is 1. The van der Waals surface area contributed by atoms with Gasteiger partial charge in [0.15, 0.2) is 0 Å². The summed E-state index contributed by atoms with van der Waals surface area (Å²) in [5.74, 6) is 0. The van der Waals surface area contributed by atoms with Crippen LogP contribution in [0.5, 0.6) is 0 Å². The van der Waals surface area contributed by atoms with Gasteiger partial charge in [-0.2, -0.15) is 0 Å². The van der Waals surface area contributed by atoms with Gasteiger partial charge in [-0.25, -0.2) is 4.79 Å². The van der Waals surface area contributed by atoms with E-state index in [1.54, 1.807) is 0 Å². The quantitative estimate of drug-likeness (QED) is 0.783. The fourth-order valence-corrected chi connectivity index (χ4v) is 2.95. The summed E-state index contributed by atoms with van der Waals surface area (Å²) in [6.45, 7) is 9.93. The van der Waals surface area contributed by atoms with Gasteiger partial charge in [-0.1, -0.05) is 0 Å². The van der Waals surface area contributed by atoms with Crippen LogP contribution >= 0.6 is 0 Å². The highest BCUT2D eigenvalue weighted by atomic mass is 16.6. The Hall–Kier alpha value is -0.850. The Morgan fingerprint density at radius 1 is 1.36 bits per heavy atom. The minimum Gasteiger partial charge on any atom is -0.444 e. The van der Waals surface area contributed by atoms with Crippen LogP contribution in [0.15, 0.2) is 0 Å². The Morgan fingerprint density at radius 3 is 2.73 bits per heavy atom. The van der Waals surface area contributed by atoms with Crippen molar-refractivity contribution in [3.8, 4) is 0 Å². The van der Waals surface area contributed by atoms with Gasteiger partial charge in [0.1, 0.15) is 5.60 Å². The van der Waals surface area contributed by atoms with Crippen molar-refractivity contribution in [2.45, 2.75) is 76.9 Å². The van der Waals surface area contributed by atoms with E-state index in [9.17, 15) is 4.79 Å². The molecule has 1 aliphatic heterocycles. The molecule has 2 N–H and O–H groups in total. The number of hydrogen-bond donors (Lipinski definition) is 2. The van der Waals surface area contributed by atoms with E-state index >= 15 is 0 Å². The molecular weight excluding hydrogens is 284 g/mol. The average Bonchev–Trinajstić information content (AvgIpc) is 2.88. The summed E-state index contributed by atoms with van der Waals surface area (Å²) < 4.78 is 16.7. The van der Waals surface area contributed by atoms with Crippen molar-refractivity contribution in [2.75, 3.05) is 19.8 Å². The van der Waals surface area contributed by atoms with Crippen molar-refractivity contribution in [3.63, 3.8) is 0 Å². The summed E-state index contributed by atoms with van der Waals surface area (Å²) in [7, 11) is 0. The minimum absolute atomic E-state index is 0.0489. The molecule has 0 spiro atoms. The second kappa shape index (κ2) is 7.62. The highest BCUT2D eigenvalue weighted by Gasteiger charge is 2.43. The standard InChI is InChI=1S/C16H30N2O4/c1-5-20-13-9-12(18-15(19)22-16(2,3)4)14(13)17-10-11-7-6-8-21-11/h11-14,17H,5-10H2,1-4H3,(H,18,19). The number of hydrogen-bond acceptors (Lipinski definition) is 5. The van der Waals surface area contributed by atoms with Crippen LogP contribution in [0, 0.1) is 0 Å². The Labute approximate surface area is 133 Å². The SMILES string of the molecule is CCOC1CC(NC(=O)OC(C)(C)C)C1NCC1CCCO1. The van der Waals surface area contributed by atoms with E-state index in [1.807, 2.05) is 27.7 Å². The summed E-state index contributed by atoms with van der Waals surface area (Å²) in [4.78, 5) is 11.9. The smallest absolute Gasteiger partial charge is 0.407 e. The summed E-state index contributed by atoms with van der Waals surface area (Å²) in [5.41, 5.74) is -0.478. The average molecular weight is 314 g/mol. The van der Waals surface area contributed by atoms with Crippen LogP contribution in [0.2, 0.25) is 0 Å². The fourth-order valence-electron chi connectivity index (χ4n) is 2.95. The maximum atomic E-state index is 11.9. The molecule has 4 atom stereocenters. The first-order valence-corrected chi connectivity index (χ1v) is 8.35. The highest BCUT2D eigenvalue weighted by molar-refractivity contribution is 5.68. The number of nitrogens with one attached hydrogen (secondary N) is 2. The summed E-state index contributed by atoms with van der Waals surface area (Å²) in [5, 5.41) is 6.44. The van der Waals surface area contributed by atoms with Gasteiger partial charge in [0.25, 0.3) is 0 Å². The Morgan fingerprint density at radius 2 is 2.14 bits per heavy atom. The molecule has 2 rings (SSSR count). The zero-order valence-electron chi connectivity index (χ0n) is 14.2. The van der Waals surface area contributed by atoms with E-state index in [0.29, 0.717) is 6.61 Å². The summed E-state index contributed by atoms with van der Waals surface area (Å²) >= 11 is 0. The number of rotatable bonds is 6. The lowest BCUT2D eigenvalue weighted by Crippen LogP contribution is -2.66. The number of amides is 1. The molecule has 1 amide bonds. The number of ether oxygens (including phenoxy) is 3. The molecule has 6 nitrogen and oxygen atoms in total. The molecule has 2 fully saturated rings. The molecule has 0 aromatic carbocycles. The van der Waals surface area contributed by atoms with Crippen molar-refractivity contribution in [2.24, 2.45) is 0 Å². The molecule has 0 bridgehead atoms. The molecular formula is C16H30N2O4. The van der Waals surface area contributed by atoms with Gasteiger partial charge < -0.3 is 24.8 Å². The number of alkyl carbamates (subject to hydrolysis) is 1. The summed E-state index contributed by atoms with van der Waals surface area (Å²) in [6.07, 6.45) is 3.11. The summed E-state index contributed by atoms with van der Waals surface area (Å²) in [6, 6.07) is 0.171. The van der Waals surface area contributed by atoms with Gasteiger partial charge >= 0.3 is 6.09 Å². The molecule has 0 aromatic rings. The first-order valence-electron chi connectivity index (χ1n) is 8.35. The van der Waals surface area contributed by atoms with Crippen molar-refractivity contribution < 1.29 is 19.0 Å². The monoisotopic (exact) mass is 314 g/mol. The van der Waals surface area contributed by atoms with Crippen LogP contribution in [0.3, 0.4) is 0 Å². The maximum Gasteiger partial charge on any atom is 0.407 e. The van der Waals surface area contributed by atoms with E-state index in [-0.39, 0.29) is 30.4 Å². The Balaban J connectivity index is 1.80. The van der Waals surface area contributed by atoms with Gasteiger partial charge in [0.2, 0.25) is 0 Å². The second-order valence-electron chi connectivity index (χ2n) is 7.05. The fraction of sp³-hybridized carbons (Fsp3) is 0.938. The molecule has 1 saturated carbocycles. The normalized spacial score (nSPS) is 31.6. The van der Waals surface area contributed by atoms with Crippen LogP contribution in [0.1, 0.15) is 47.0 Å². The maximum absolute atomic E-state index is 11.9. The second-order valence-corrected chi connectivity index (χ2v) is 7.05. The van der Waals surface area contributed by atoms with Crippen LogP contribution in [0.25, 0.3) is 0 Å². The van der Waals surface area contributed by atoms with Crippen molar-refractivity contribution in [1.29, 1.82) is 0 Å². The molecule has 1 aliphatic carbocycles. The third kappa shape index (κ3) is 5.11. The van der Waals surface area contributed by atoms with Gasteiger partial charge in [-0.3, -0.25) is 0 Å². The predicted molar refractivity (Wildman–Crippen MR) is 84.0 cm³/mol.